The third kappa shape index (κ3) is 2.32. The first-order valence-corrected chi connectivity index (χ1v) is 6.22. The lowest BCUT2D eigenvalue weighted by Crippen LogP contribution is -2.05. The maximum absolute atomic E-state index is 5.78. The Kier molecular flexibility index (Phi) is 2.97. The van der Waals surface area contributed by atoms with Crippen LogP contribution in [0.5, 0.6) is 0 Å². The van der Waals surface area contributed by atoms with Crippen LogP contribution in [0.3, 0.4) is 0 Å². The fourth-order valence-corrected chi connectivity index (χ4v) is 2.07. The van der Waals surface area contributed by atoms with Crippen LogP contribution in [-0.4, -0.2) is 20.0 Å². The molecule has 3 aromatic rings. The van der Waals surface area contributed by atoms with Crippen LogP contribution in [0.2, 0.25) is 0 Å². The van der Waals surface area contributed by atoms with Gasteiger partial charge in [0.15, 0.2) is 0 Å². The highest BCUT2D eigenvalue weighted by Crippen LogP contribution is 2.17. The van der Waals surface area contributed by atoms with E-state index in [-0.39, 0.29) is 6.04 Å². The summed E-state index contributed by atoms with van der Waals surface area (Å²) in [5.41, 5.74) is 8.71. The standard InChI is InChI=1S/C14H15N5/c1-10(15)13-9-19(18-17-13)8-12-5-2-4-11-6-3-7-16-14(11)12/h2-7,9-10H,8,15H2,1H3. The number of pyridine rings is 1. The van der Waals surface area contributed by atoms with Gasteiger partial charge in [-0.25, -0.2) is 4.68 Å². The molecule has 0 aliphatic heterocycles. The van der Waals surface area contributed by atoms with Crippen molar-refractivity contribution in [1.29, 1.82) is 0 Å². The summed E-state index contributed by atoms with van der Waals surface area (Å²) in [4.78, 5) is 4.43. The summed E-state index contributed by atoms with van der Waals surface area (Å²) < 4.78 is 1.79. The monoisotopic (exact) mass is 253 g/mol. The zero-order valence-electron chi connectivity index (χ0n) is 10.7. The van der Waals surface area contributed by atoms with Crippen molar-refractivity contribution in [2.24, 2.45) is 5.73 Å². The average Bonchev–Trinajstić information content (AvgIpc) is 2.88. The molecule has 96 valence electrons. The number of aromatic nitrogens is 4. The Morgan fingerprint density at radius 3 is 2.89 bits per heavy atom. The van der Waals surface area contributed by atoms with Crippen molar-refractivity contribution >= 4 is 10.9 Å². The molecule has 0 radical (unpaired) electrons. The maximum Gasteiger partial charge on any atom is 0.0991 e. The molecule has 0 aliphatic carbocycles. The van der Waals surface area contributed by atoms with Crippen LogP contribution >= 0.6 is 0 Å². The van der Waals surface area contributed by atoms with Gasteiger partial charge in [0.1, 0.15) is 0 Å². The molecule has 0 amide bonds. The predicted molar refractivity (Wildman–Crippen MR) is 73.5 cm³/mol. The van der Waals surface area contributed by atoms with Crippen LogP contribution in [0.1, 0.15) is 24.2 Å². The summed E-state index contributed by atoms with van der Waals surface area (Å²) in [6.45, 7) is 2.54. The maximum atomic E-state index is 5.78. The lowest BCUT2D eigenvalue weighted by molar-refractivity contribution is 0.650. The van der Waals surface area contributed by atoms with Crippen LogP contribution in [-0.2, 0) is 6.54 Å². The van der Waals surface area contributed by atoms with E-state index >= 15 is 0 Å². The number of rotatable bonds is 3. The van der Waals surface area contributed by atoms with Crippen LogP contribution in [0, 0.1) is 0 Å². The van der Waals surface area contributed by atoms with Crippen LogP contribution in [0.25, 0.3) is 10.9 Å². The summed E-state index contributed by atoms with van der Waals surface area (Å²) in [7, 11) is 0. The number of nitrogens with zero attached hydrogens (tertiary/aromatic N) is 4. The first-order chi connectivity index (χ1) is 9.24. The van der Waals surface area contributed by atoms with Gasteiger partial charge < -0.3 is 5.73 Å². The number of hydrogen-bond acceptors (Lipinski definition) is 4. The van der Waals surface area contributed by atoms with Gasteiger partial charge in [-0.3, -0.25) is 4.98 Å². The van der Waals surface area contributed by atoms with E-state index in [1.165, 1.54) is 0 Å². The lowest BCUT2D eigenvalue weighted by Gasteiger charge is -2.05. The van der Waals surface area contributed by atoms with Crippen molar-refractivity contribution in [1.82, 2.24) is 20.0 Å². The van der Waals surface area contributed by atoms with E-state index in [9.17, 15) is 0 Å². The summed E-state index contributed by atoms with van der Waals surface area (Å²) in [5, 5.41) is 9.29. The van der Waals surface area contributed by atoms with E-state index in [2.05, 4.69) is 33.5 Å². The van der Waals surface area contributed by atoms with Crippen molar-refractivity contribution in [2.45, 2.75) is 19.5 Å². The van der Waals surface area contributed by atoms with Gasteiger partial charge in [0.05, 0.1) is 24.0 Å². The van der Waals surface area contributed by atoms with Gasteiger partial charge in [0.2, 0.25) is 0 Å². The number of fused-ring (bicyclic) bond motifs is 1. The van der Waals surface area contributed by atoms with E-state index in [1.807, 2.05) is 25.3 Å². The second-order valence-corrected chi connectivity index (χ2v) is 4.62. The first kappa shape index (κ1) is 11.8. The van der Waals surface area contributed by atoms with E-state index in [0.717, 1.165) is 22.2 Å². The fourth-order valence-electron chi connectivity index (χ4n) is 2.07. The highest BCUT2D eigenvalue weighted by atomic mass is 15.4. The van der Waals surface area contributed by atoms with Gasteiger partial charge in [0, 0.05) is 17.6 Å². The molecule has 3 rings (SSSR count). The van der Waals surface area contributed by atoms with Crippen molar-refractivity contribution in [2.75, 3.05) is 0 Å². The smallest absolute Gasteiger partial charge is 0.0991 e. The molecule has 0 spiro atoms. The number of para-hydroxylation sites is 1. The van der Waals surface area contributed by atoms with Crippen molar-refractivity contribution in [3.63, 3.8) is 0 Å². The first-order valence-electron chi connectivity index (χ1n) is 6.22. The quantitative estimate of drug-likeness (QED) is 0.774. The Balaban J connectivity index is 1.96. The Hall–Kier alpha value is -2.27. The molecule has 1 aromatic carbocycles. The van der Waals surface area contributed by atoms with Crippen LogP contribution in [0.15, 0.2) is 42.7 Å². The summed E-state index contributed by atoms with van der Waals surface area (Å²) in [6.07, 6.45) is 3.69. The van der Waals surface area contributed by atoms with Gasteiger partial charge in [-0.15, -0.1) is 5.10 Å². The zero-order chi connectivity index (χ0) is 13.2. The predicted octanol–water partition coefficient (Wildman–Crippen LogP) is 1.89. The number of nitrogens with two attached hydrogens (primary N) is 1. The van der Waals surface area contributed by atoms with Gasteiger partial charge in [0.25, 0.3) is 0 Å². The van der Waals surface area contributed by atoms with Gasteiger partial charge in [-0.05, 0) is 18.6 Å². The van der Waals surface area contributed by atoms with Gasteiger partial charge in [-0.1, -0.05) is 29.5 Å². The molecule has 2 N–H and O–H groups in total. The largest absolute Gasteiger partial charge is 0.323 e. The molecule has 1 atom stereocenters. The van der Waals surface area contributed by atoms with Gasteiger partial charge in [-0.2, -0.15) is 0 Å². The summed E-state index contributed by atoms with van der Waals surface area (Å²) >= 11 is 0. The highest BCUT2D eigenvalue weighted by molar-refractivity contribution is 5.81. The topological polar surface area (TPSA) is 69.6 Å². The molecular weight excluding hydrogens is 238 g/mol. The summed E-state index contributed by atoms with van der Waals surface area (Å²) in [5.74, 6) is 0. The van der Waals surface area contributed by atoms with Crippen LogP contribution in [0.4, 0.5) is 0 Å². The zero-order valence-corrected chi connectivity index (χ0v) is 10.7. The second kappa shape index (κ2) is 4.78. The Labute approximate surface area is 111 Å². The number of benzene rings is 1. The lowest BCUT2D eigenvalue weighted by atomic mass is 10.1. The van der Waals surface area contributed by atoms with E-state index in [1.54, 1.807) is 10.9 Å². The molecule has 2 aromatic heterocycles. The van der Waals surface area contributed by atoms with E-state index in [4.69, 9.17) is 5.73 Å². The molecule has 5 nitrogen and oxygen atoms in total. The Morgan fingerprint density at radius 1 is 1.26 bits per heavy atom. The van der Waals surface area contributed by atoms with Crippen molar-refractivity contribution in [3.8, 4) is 0 Å². The van der Waals surface area contributed by atoms with Gasteiger partial charge >= 0.3 is 0 Å². The fraction of sp³-hybridized carbons (Fsp3) is 0.214. The Bertz CT molecular complexity index is 696. The molecule has 0 saturated heterocycles. The molecule has 0 bridgehead atoms. The molecule has 1 unspecified atom stereocenters. The minimum Gasteiger partial charge on any atom is -0.323 e. The molecule has 19 heavy (non-hydrogen) atoms. The normalized spacial score (nSPS) is 12.7. The van der Waals surface area contributed by atoms with Crippen molar-refractivity contribution in [3.05, 3.63) is 54.0 Å². The van der Waals surface area contributed by atoms with Crippen molar-refractivity contribution < 1.29 is 0 Å². The second-order valence-electron chi connectivity index (χ2n) is 4.62. The number of hydrogen-bond donors (Lipinski definition) is 1. The molecule has 5 heteroatoms. The average molecular weight is 253 g/mol. The Morgan fingerprint density at radius 2 is 2.11 bits per heavy atom. The molecule has 0 aliphatic rings. The molecule has 0 saturated carbocycles. The minimum atomic E-state index is -0.0978. The third-order valence-corrected chi connectivity index (χ3v) is 3.07. The summed E-state index contributed by atoms with van der Waals surface area (Å²) in [6, 6.07) is 10.0. The molecular formula is C14H15N5. The highest BCUT2D eigenvalue weighted by Gasteiger charge is 2.07. The van der Waals surface area contributed by atoms with E-state index in [0.29, 0.717) is 6.54 Å². The minimum absolute atomic E-state index is 0.0978. The van der Waals surface area contributed by atoms with E-state index < -0.39 is 0 Å². The third-order valence-electron chi connectivity index (χ3n) is 3.07. The van der Waals surface area contributed by atoms with Crippen LogP contribution < -0.4 is 5.73 Å². The molecule has 0 fully saturated rings. The molecule has 2 heterocycles. The SMILES string of the molecule is CC(N)c1cn(Cc2cccc3cccnc23)nn1.